The smallest absolute Gasteiger partial charge is 0.422 e. The monoisotopic (exact) mass is 468 g/mol. The molecule has 5 nitrogen and oxygen atoms in total. The van der Waals surface area contributed by atoms with Gasteiger partial charge >= 0.3 is 6.18 Å². The molecule has 1 heterocycles. The standard InChI is InChI=1S/C23H24ClF3N2O3/c1-4-14(17-6-7-18(24)13(2)21(17)32-3)11-22(31,23(25,26)27)12-28-16-5-8-19-15(9-16)10-20(30)29-19/h5-9,12,14,31H,4,10-11H2,1-3H3,(H,29,30). The van der Waals surface area contributed by atoms with E-state index in [-0.39, 0.29) is 18.0 Å². The molecule has 32 heavy (non-hydrogen) atoms. The number of carbonyl (C=O) groups is 1. The van der Waals surface area contributed by atoms with Crippen LogP contribution in [0.5, 0.6) is 5.75 Å². The number of amides is 1. The zero-order valence-corrected chi connectivity index (χ0v) is 18.6. The second kappa shape index (κ2) is 9.11. The number of aliphatic imine (C=N–C) groups is 1. The number of benzene rings is 2. The van der Waals surface area contributed by atoms with Crippen LogP contribution in [0.3, 0.4) is 0 Å². The highest BCUT2D eigenvalue weighted by atomic mass is 35.5. The molecule has 0 spiro atoms. The van der Waals surface area contributed by atoms with Gasteiger partial charge in [0, 0.05) is 22.5 Å². The fourth-order valence-corrected chi connectivity index (χ4v) is 4.00. The molecule has 1 aliphatic rings. The van der Waals surface area contributed by atoms with E-state index in [2.05, 4.69) is 10.3 Å². The quantitative estimate of drug-likeness (QED) is 0.510. The number of hydrogen-bond donors (Lipinski definition) is 2. The molecule has 0 fully saturated rings. The number of methoxy groups -OCH3 is 1. The van der Waals surface area contributed by atoms with Crippen LogP contribution in [-0.4, -0.2) is 36.1 Å². The van der Waals surface area contributed by atoms with Crippen LogP contribution >= 0.6 is 11.6 Å². The molecule has 1 amide bonds. The van der Waals surface area contributed by atoms with Gasteiger partial charge in [0.25, 0.3) is 0 Å². The lowest BCUT2D eigenvalue weighted by Crippen LogP contribution is -2.47. The minimum Gasteiger partial charge on any atom is -0.496 e. The maximum Gasteiger partial charge on any atom is 0.422 e. The number of nitrogens with one attached hydrogen (secondary N) is 1. The first-order valence-electron chi connectivity index (χ1n) is 10.1. The van der Waals surface area contributed by atoms with Crippen LogP contribution < -0.4 is 10.1 Å². The Balaban J connectivity index is 1.94. The summed E-state index contributed by atoms with van der Waals surface area (Å²) in [7, 11) is 1.43. The van der Waals surface area contributed by atoms with Gasteiger partial charge in [-0.2, -0.15) is 13.2 Å². The van der Waals surface area contributed by atoms with E-state index in [1.54, 1.807) is 32.0 Å². The van der Waals surface area contributed by atoms with Gasteiger partial charge < -0.3 is 15.2 Å². The zero-order chi connectivity index (χ0) is 23.7. The first kappa shape index (κ1) is 24.1. The number of halogens is 4. The number of hydrogen-bond acceptors (Lipinski definition) is 4. The van der Waals surface area contributed by atoms with Gasteiger partial charge in [-0.25, -0.2) is 0 Å². The molecule has 172 valence electrons. The van der Waals surface area contributed by atoms with Crippen molar-refractivity contribution in [2.45, 2.75) is 50.8 Å². The topological polar surface area (TPSA) is 70.9 Å². The highest BCUT2D eigenvalue weighted by Gasteiger charge is 2.53. The summed E-state index contributed by atoms with van der Waals surface area (Å²) >= 11 is 6.13. The van der Waals surface area contributed by atoms with Crippen LogP contribution in [0.15, 0.2) is 35.3 Å². The van der Waals surface area contributed by atoms with Crippen LogP contribution in [-0.2, 0) is 11.2 Å². The highest BCUT2D eigenvalue weighted by molar-refractivity contribution is 6.31. The number of rotatable bonds is 7. The van der Waals surface area contributed by atoms with Gasteiger partial charge in [-0.1, -0.05) is 24.6 Å². The van der Waals surface area contributed by atoms with Crippen LogP contribution in [0.2, 0.25) is 5.02 Å². The molecule has 0 bridgehead atoms. The second-order valence-corrected chi connectivity index (χ2v) is 8.26. The van der Waals surface area contributed by atoms with E-state index in [1.807, 2.05) is 0 Å². The summed E-state index contributed by atoms with van der Waals surface area (Å²) in [5.74, 6) is -0.451. The molecule has 3 rings (SSSR count). The molecule has 0 aromatic heterocycles. The molecule has 9 heteroatoms. The van der Waals surface area contributed by atoms with E-state index in [9.17, 15) is 23.1 Å². The average Bonchev–Trinajstić information content (AvgIpc) is 3.11. The first-order chi connectivity index (χ1) is 15.0. The number of carbonyl (C=O) groups excluding carboxylic acids is 1. The predicted molar refractivity (Wildman–Crippen MR) is 118 cm³/mol. The summed E-state index contributed by atoms with van der Waals surface area (Å²) in [5, 5.41) is 13.8. The van der Waals surface area contributed by atoms with Crippen molar-refractivity contribution in [3.63, 3.8) is 0 Å². The maximum absolute atomic E-state index is 14.0. The first-order valence-corrected chi connectivity index (χ1v) is 10.5. The van der Waals surface area contributed by atoms with E-state index in [4.69, 9.17) is 16.3 Å². The van der Waals surface area contributed by atoms with Crippen molar-refractivity contribution in [3.8, 4) is 5.75 Å². The van der Waals surface area contributed by atoms with Crippen molar-refractivity contribution >= 4 is 35.1 Å². The second-order valence-electron chi connectivity index (χ2n) is 7.85. The number of alkyl halides is 3. The Morgan fingerprint density at radius 1 is 1.31 bits per heavy atom. The Labute approximate surface area is 189 Å². The largest absolute Gasteiger partial charge is 0.496 e. The van der Waals surface area contributed by atoms with E-state index in [1.165, 1.54) is 19.2 Å². The summed E-state index contributed by atoms with van der Waals surface area (Å²) in [6, 6.07) is 7.83. The summed E-state index contributed by atoms with van der Waals surface area (Å²) in [5.41, 5.74) is -0.537. The van der Waals surface area contributed by atoms with Crippen molar-refractivity contribution in [2.75, 3.05) is 12.4 Å². The average molecular weight is 469 g/mol. The summed E-state index contributed by atoms with van der Waals surface area (Å²) in [6.07, 6.45) is -4.59. The molecule has 2 atom stereocenters. The van der Waals surface area contributed by atoms with E-state index in [0.717, 1.165) is 0 Å². The molecule has 0 saturated heterocycles. The Bertz CT molecular complexity index is 1060. The molecule has 0 saturated carbocycles. The lowest BCUT2D eigenvalue weighted by atomic mass is 9.83. The molecule has 2 aromatic rings. The molecule has 2 unspecified atom stereocenters. The Hall–Kier alpha value is -2.58. The third kappa shape index (κ3) is 4.76. The Morgan fingerprint density at radius 3 is 2.66 bits per heavy atom. The zero-order valence-electron chi connectivity index (χ0n) is 17.9. The third-order valence-electron chi connectivity index (χ3n) is 5.70. The predicted octanol–water partition coefficient (Wildman–Crippen LogP) is 5.73. The molecular weight excluding hydrogens is 445 g/mol. The SMILES string of the molecule is CCC(CC(O)(C=Nc1ccc2c(c1)CC(=O)N2)C(F)(F)F)c1ccc(Cl)c(C)c1OC. The van der Waals surface area contributed by atoms with Crippen LogP contribution in [0.25, 0.3) is 0 Å². The third-order valence-corrected chi connectivity index (χ3v) is 6.11. The Kier molecular flexibility index (Phi) is 6.86. The van der Waals surface area contributed by atoms with Crippen LogP contribution in [0.4, 0.5) is 24.5 Å². The van der Waals surface area contributed by atoms with Gasteiger partial charge in [-0.05, 0) is 61.1 Å². The van der Waals surface area contributed by atoms with Crippen molar-refractivity contribution in [2.24, 2.45) is 4.99 Å². The minimum absolute atomic E-state index is 0.135. The van der Waals surface area contributed by atoms with Gasteiger partial charge in [0.2, 0.25) is 5.91 Å². The van der Waals surface area contributed by atoms with Crippen molar-refractivity contribution < 1.29 is 27.8 Å². The van der Waals surface area contributed by atoms with Gasteiger partial charge in [0.15, 0.2) is 5.60 Å². The van der Waals surface area contributed by atoms with Gasteiger partial charge in [0.1, 0.15) is 5.75 Å². The molecule has 2 N–H and O–H groups in total. The molecule has 1 aliphatic heterocycles. The molecule has 0 aliphatic carbocycles. The number of aliphatic hydroxyl groups is 1. The fraction of sp³-hybridized carbons (Fsp3) is 0.391. The van der Waals surface area contributed by atoms with Crippen molar-refractivity contribution in [1.82, 2.24) is 0 Å². The van der Waals surface area contributed by atoms with E-state index in [0.29, 0.717) is 45.8 Å². The number of anilines is 1. The summed E-state index contributed by atoms with van der Waals surface area (Å²) in [6.45, 7) is 3.47. The minimum atomic E-state index is -4.95. The highest BCUT2D eigenvalue weighted by Crippen LogP contribution is 2.43. The van der Waals surface area contributed by atoms with E-state index < -0.39 is 24.1 Å². The van der Waals surface area contributed by atoms with Gasteiger partial charge in [0.05, 0.1) is 19.2 Å². The number of nitrogens with zero attached hydrogens (tertiary/aromatic N) is 1. The van der Waals surface area contributed by atoms with Crippen LogP contribution in [0, 0.1) is 6.92 Å². The maximum atomic E-state index is 14.0. The van der Waals surface area contributed by atoms with E-state index >= 15 is 0 Å². The van der Waals surface area contributed by atoms with Crippen LogP contribution in [0.1, 0.15) is 42.4 Å². The van der Waals surface area contributed by atoms with Gasteiger partial charge in [-0.3, -0.25) is 9.79 Å². The van der Waals surface area contributed by atoms with Crippen molar-refractivity contribution in [1.29, 1.82) is 0 Å². The lowest BCUT2D eigenvalue weighted by Gasteiger charge is -2.31. The van der Waals surface area contributed by atoms with Crippen molar-refractivity contribution in [3.05, 3.63) is 52.0 Å². The normalized spacial score (nSPS) is 16.6. The fourth-order valence-electron chi connectivity index (χ4n) is 3.85. The summed E-state index contributed by atoms with van der Waals surface area (Å²) < 4.78 is 47.3. The number of ether oxygens (including phenoxy) is 1. The summed E-state index contributed by atoms with van der Waals surface area (Å²) in [4.78, 5) is 15.4. The molecular formula is C23H24ClF3N2O3. The van der Waals surface area contributed by atoms with Gasteiger partial charge in [-0.15, -0.1) is 0 Å². The lowest BCUT2D eigenvalue weighted by molar-refractivity contribution is -0.232. The Morgan fingerprint density at radius 2 is 2.03 bits per heavy atom. The molecule has 2 aromatic carbocycles. The molecule has 0 radical (unpaired) electrons. The number of fused-ring (bicyclic) bond motifs is 1.